The van der Waals surface area contributed by atoms with Crippen molar-refractivity contribution in [1.29, 1.82) is 5.26 Å². The number of nitrogens with one attached hydrogen (secondary N) is 1. The lowest BCUT2D eigenvalue weighted by Gasteiger charge is -1.96. The first-order chi connectivity index (χ1) is 6.48. The van der Waals surface area contributed by atoms with Gasteiger partial charge in [0.1, 0.15) is 0 Å². The monoisotopic (exact) mass is 203 g/mol. The van der Waals surface area contributed by atoms with Crippen molar-refractivity contribution < 1.29 is 18.0 Å². The quantitative estimate of drug-likeness (QED) is 0.320. The van der Waals surface area contributed by atoms with E-state index in [4.69, 9.17) is 5.26 Å². The SMILES string of the molecule is N#C/C=C/NN=C=CC(=O)C(F)(F)F. The molecule has 1 N–H and O–H groups in total. The molecule has 0 rings (SSSR count). The number of hydrazone groups is 1. The zero-order chi connectivity index (χ0) is 11.0. The van der Waals surface area contributed by atoms with Crippen LogP contribution in [0.3, 0.4) is 0 Å². The molecule has 0 saturated carbocycles. The summed E-state index contributed by atoms with van der Waals surface area (Å²) in [5, 5.41) is 11.0. The van der Waals surface area contributed by atoms with E-state index in [1.165, 1.54) is 0 Å². The number of hydrogen-bond donors (Lipinski definition) is 1. The van der Waals surface area contributed by atoms with Gasteiger partial charge in [0.25, 0.3) is 5.78 Å². The first-order valence-electron chi connectivity index (χ1n) is 3.18. The maximum Gasteiger partial charge on any atom is 0.454 e. The highest BCUT2D eigenvalue weighted by atomic mass is 19.4. The molecule has 0 heterocycles. The van der Waals surface area contributed by atoms with Crippen LogP contribution in [0.5, 0.6) is 0 Å². The van der Waals surface area contributed by atoms with Crippen LogP contribution >= 0.6 is 0 Å². The third-order valence-electron chi connectivity index (χ3n) is 0.837. The molecule has 0 radical (unpaired) electrons. The van der Waals surface area contributed by atoms with Gasteiger partial charge in [-0.1, -0.05) is 0 Å². The maximum absolute atomic E-state index is 11.5. The first-order valence-corrected chi connectivity index (χ1v) is 3.18. The van der Waals surface area contributed by atoms with E-state index >= 15 is 0 Å². The van der Waals surface area contributed by atoms with Gasteiger partial charge in [-0.3, -0.25) is 10.2 Å². The Morgan fingerprint density at radius 1 is 1.50 bits per heavy atom. The summed E-state index contributed by atoms with van der Waals surface area (Å²) in [5.41, 5.74) is 2.05. The fourth-order valence-corrected chi connectivity index (χ4v) is 0.322. The number of nitriles is 1. The molecule has 0 aliphatic heterocycles. The third kappa shape index (κ3) is 5.57. The van der Waals surface area contributed by atoms with E-state index in [0.717, 1.165) is 12.3 Å². The Morgan fingerprint density at radius 3 is 2.64 bits per heavy atom. The maximum atomic E-state index is 11.5. The summed E-state index contributed by atoms with van der Waals surface area (Å²) in [4.78, 5) is 10.2. The van der Waals surface area contributed by atoms with Gasteiger partial charge in [0.15, 0.2) is 0 Å². The Morgan fingerprint density at radius 2 is 2.14 bits per heavy atom. The second-order valence-electron chi connectivity index (χ2n) is 1.84. The van der Waals surface area contributed by atoms with Crippen LogP contribution in [0.1, 0.15) is 0 Å². The molecule has 4 nitrogen and oxygen atoms in total. The minimum atomic E-state index is -4.91. The Balaban J connectivity index is 4.13. The van der Waals surface area contributed by atoms with Crippen LogP contribution in [0.4, 0.5) is 13.2 Å². The summed E-state index contributed by atoms with van der Waals surface area (Å²) in [6.07, 6.45) is -2.69. The molecule has 0 atom stereocenters. The minimum Gasteiger partial charge on any atom is -0.284 e. The number of halogens is 3. The number of nitrogens with zero attached hydrogens (tertiary/aromatic N) is 2. The average molecular weight is 203 g/mol. The molecule has 7 heteroatoms. The number of allylic oxidation sites excluding steroid dienone is 2. The zero-order valence-electron chi connectivity index (χ0n) is 6.67. The number of alkyl halides is 3. The molecule has 0 unspecified atom stereocenters. The topological polar surface area (TPSA) is 65.2 Å². The van der Waals surface area contributed by atoms with Gasteiger partial charge in [0, 0.05) is 18.1 Å². The van der Waals surface area contributed by atoms with Gasteiger partial charge in [0.2, 0.25) is 0 Å². The van der Waals surface area contributed by atoms with Gasteiger partial charge in [-0.2, -0.15) is 18.4 Å². The zero-order valence-corrected chi connectivity index (χ0v) is 6.67. The van der Waals surface area contributed by atoms with Crippen molar-refractivity contribution in [1.82, 2.24) is 5.43 Å². The molecule has 0 spiro atoms. The first kappa shape index (κ1) is 11.9. The van der Waals surface area contributed by atoms with Gasteiger partial charge in [-0.15, -0.1) is 5.10 Å². The molecule has 0 aliphatic rings. The standard InChI is InChI=1S/C7H4F3N3O/c8-7(9,10)6(14)2-5-13-12-4-1-3-11/h1-2,4,12H/b4-1+. The van der Waals surface area contributed by atoms with Gasteiger partial charge in [-0.25, -0.2) is 0 Å². The highest BCUT2D eigenvalue weighted by Gasteiger charge is 2.36. The molecule has 14 heavy (non-hydrogen) atoms. The van der Waals surface area contributed by atoms with E-state index in [1.807, 2.05) is 0 Å². The molecule has 0 fully saturated rings. The van der Waals surface area contributed by atoms with E-state index in [9.17, 15) is 18.0 Å². The van der Waals surface area contributed by atoms with Gasteiger partial charge in [0.05, 0.1) is 12.1 Å². The number of carbonyl (C=O) groups excluding carboxylic acids is 1. The van der Waals surface area contributed by atoms with Crippen molar-refractivity contribution in [3.63, 3.8) is 0 Å². The summed E-state index contributed by atoms with van der Waals surface area (Å²) < 4.78 is 34.6. The normalized spacial score (nSPS) is 10.1. The number of hydrogen-bond acceptors (Lipinski definition) is 4. The minimum absolute atomic E-state index is 0.146. The van der Waals surface area contributed by atoms with Gasteiger partial charge < -0.3 is 0 Å². The van der Waals surface area contributed by atoms with Crippen molar-refractivity contribution in [3.8, 4) is 6.07 Å². The smallest absolute Gasteiger partial charge is 0.284 e. The molecular weight excluding hydrogens is 199 g/mol. The van der Waals surface area contributed by atoms with E-state index in [1.54, 1.807) is 11.9 Å². The molecule has 0 saturated heterocycles. The molecular formula is C7H4F3N3O. The van der Waals surface area contributed by atoms with Crippen molar-refractivity contribution in [2.24, 2.45) is 5.10 Å². The van der Waals surface area contributed by atoms with Crippen molar-refractivity contribution in [2.45, 2.75) is 6.18 Å². The highest BCUT2D eigenvalue weighted by Crippen LogP contribution is 2.15. The lowest BCUT2D eigenvalue weighted by molar-refractivity contribution is -0.165. The molecule has 0 aromatic heterocycles. The summed E-state index contributed by atoms with van der Waals surface area (Å²) in [6.45, 7) is 0. The van der Waals surface area contributed by atoms with Crippen molar-refractivity contribution >= 4 is 11.7 Å². The van der Waals surface area contributed by atoms with Gasteiger partial charge in [-0.05, 0) is 0 Å². The van der Waals surface area contributed by atoms with E-state index < -0.39 is 12.0 Å². The number of carbonyl (C=O) groups is 1. The largest absolute Gasteiger partial charge is 0.454 e. The number of ketones is 1. The Hall–Kier alpha value is -2.06. The van der Waals surface area contributed by atoms with Crippen molar-refractivity contribution in [3.05, 3.63) is 18.4 Å². The summed E-state index contributed by atoms with van der Waals surface area (Å²) in [5.74, 6) is -0.339. The predicted octanol–water partition coefficient (Wildman–Crippen LogP) is 0.886. The van der Waals surface area contributed by atoms with Crippen LogP contribution in [-0.2, 0) is 4.79 Å². The molecule has 0 amide bonds. The highest BCUT2D eigenvalue weighted by molar-refractivity contribution is 6.00. The second-order valence-corrected chi connectivity index (χ2v) is 1.84. The molecule has 0 aliphatic carbocycles. The van der Waals surface area contributed by atoms with Crippen LogP contribution in [0.15, 0.2) is 23.5 Å². The van der Waals surface area contributed by atoms with Crippen LogP contribution in [0.2, 0.25) is 0 Å². The van der Waals surface area contributed by atoms with Crippen LogP contribution < -0.4 is 5.43 Å². The fourth-order valence-electron chi connectivity index (χ4n) is 0.322. The van der Waals surface area contributed by atoms with Crippen LogP contribution in [-0.4, -0.2) is 17.8 Å². The van der Waals surface area contributed by atoms with E-state index in [2.05, 4.69) is 10.5 Å². The second kappa shape index (κ2) is 5.56. The van der Waals surface area contributed by atoms with Crippen LogP contribution in [0.25, 0.3) is 0 Å². The third-order valence-corrected chi connectivity index (χ3v) is 0.837. The number of rotatable bonds is 3. The van der Waals surface area contributed by atoms with E-state index in [-0.39, 0.29) is 6.08 Å². The summed E-state index contributed by atoms with van der Waals surface area (Å²) in [7, 11) is 0. The van der Waals surface area contributed by atoms with Crippen molar-refractivity contribution in [2.75, 3.05) is 0 Å². The Kier molecular flexibility index (Phi) is 4.74. The summed E-state index contributed by atoms with van der Waals surface area (Å²) in [6, 6.07) is 1.60. The molecule has 0 aromatic rings. The molecule has 74 valence electrons. The average Bonchev–Trinajstić information content (AvgIpc) is 2.09. The molecule has 0 bridgehead atoms. The Labute approximate surface area is 77.0 Å². The van der Waals surface area contributed by atoms with Gasteiger partial charge >= 0.3 is 6.18 Å². The van der Waals surface area contributed by atoms with E-state index in [0.29, 0.717) is 0 Å². The van der Waals surface area contributed by atoms with Crippen LogP contribution in [0, 0.1) is 11.3 Å². The lowest BCUT2D eigenvalue weighted by atomic mass is 10.4. The Bertz CT molecular complexity index is 331. The summed E-state index contributed by atoms with van der Waals surface area (Å²) >= 11 is 0. The molecule has 0 aromatic carbocycles. The predicted molar refractivity (Wildman–Crippen MR) is 41.0 cm³/mol. The fraction of sp³-hybridized carbons (Fsp3) is 0.143. The lowest BCUT2D eigenvalue weighted by Crippen LogP contribution is -2.20.